The van der Waals surface area contributed by atoms with Gasteiger partial charge in [-0.25, -0.2) is 0 Å². The van der Waals surface area contributed by atoms with Gasteiger partial charge in [-0.05, 0) is 23.8 Å². The van der Waals surface area contributed by atoms with Crippen molar-refractivity contribution in [2.75, 3.05) is 42.4 Å². The molecule has 1 atom stereocenters. The highest BCUT2D eigenvalue weighted by molar-refractivity contribution is 6.03. The summed E-state index contributed by atoms with van der Waals surface area (Å²) in [6.07, 6.45) is 4.16. The molecule has 0 bridgehead atoms. The maximum atomic E-state index is 12.3. The van der Waals surface area contributed by atoms with Crippen LogP contribution < -0.4 is 15.1 Å². The van der Waals surface area contributed by atoms with Gasteiger partial charge in [0.2, 0.25) is 5.91 Å². The monoisotopic (exact) mass is 324 g/mol. The van der Waals surface area contributed by atoms with E-state index in [-0.39, 0.29) is 12.1 Å². The number of nitrogens with one attached hydrogen (secondary N) is 1. The van der Waals surface area contributed by atoms with Crippen molar-refractivity contribution in [1.29, 1.82) is 0 Å². The summed E-state index contributed by atoms with van der Waals surface area (Å²) in [6, 6.07) is 8.21. The van der Waals surface area contributed by atoms with Crippen molar-refractivity contribution in [2.45, 2.75) is 12.6 Å². The Morgan fingerprint density at radius 3 is 3.00 bits per heavy atom. The summed E-state index contributed by atoms with van der Waals surface area (Å²) in [5.74, 6) is 0.136. The summed E-state index contributed by atoms with van der Waals surface area (Å²) >= 11 is 0. The molecule has 0 saturated carbocycles. The van der Waals surface area contributed by atoms with Crippen molar-refractivity contribution in [3.8, 4) is 0 Å². The van der Waals surface area contributed by atoms with Gasteiger partial charge in [0.1, 0.15) is 6.17 Å². The number of pyridine rings is 1. The Hall–Kier alpha value is -2.60. The van der Waals surface area contributed by atoms with Crippen LogP contribution in [0.25, 0.3) is 0 Å². The van der Waals surface area contributed by atoms with E-state index in [1.807, 2.05) is 17.2 Å². The lowest BCUT2D eigenvalue weighted by atomic mass is 10.1. The summed E-state index contributed by atoms with van der Waals surface area (Å²) in [7, 11) is 3.71. The van der Waals surface area contributed by atoms with Crippen molar-refractivity contribution in [2.24, 2.45) is 0 Å². The second kappa shape index (κ2) is 5.79. The number of methoxy groups -OCH3 is 1. The van der Waals surface area contributed by atoms with E-state index in [4.69, 9.17) is 4.74 Å². The SMILES string of the molecule is COCCN1C(=O)Cc2cc3c(cc21)N(C)C(c1cccnc1)N3. The molecule has 0 spiro atoms. The van der Waals surface area contributed by atoms with Crippen LogP contribution in [-0.4, -0.2) is 38.2 Å². The van der Waals surface area contributed by atoms with Gasteiger partial charge >= 0.3 is 0 Å². The molecule has 4 rings (SSSR count). The molecule has 1 N–H and O–H groups in total. The second-order valence-corrected chi connectivity index (χ2v) is 6.16. The van der Waals surface area contributed by atoms with Crippen LogP contribution in [-0.2, 0) is 16.0 Å². The van der Waals surface area contributed by atoms with Crippen LogP contribution in [0.5, 0.6) is 0 Å². The standard InChI is InChI=1S/C18H20N4O2/c1-21-16-10-15-13(9-17(23)22(15)6-7-24-2)8-14(16)20-18(21)12-4-3-5-19-11-12/h3-5,8,10-11,18,20H,6-7,9H2,1-2H3. The molecule has 24 heavy (non-hydrogen) atoms. The highest BCUT2D eigenvalue weighted by atomic mass is 16.5. The second-order valence-electron chi connectivity index (χ2n) is 6.16. The first kappa shape index (κ1) is 15.0. The quantitative estimate of drug-likeness (QED) is 0.934. The van der Waals surface area contributed by atoms with Crippen molar-refractivity contribution in [1.82, 2.24) is 4.98 Å². The molecule has 0 saturated heterocycles. The third kappa shape index (κ3) is 2.30. The summed E-state index contributed by atoms with van der Waals surface area (Å²) in [5.41, 5.74) is 5.34. The van der Waals surface area contributed by atoms with Crippen LogP contribution in [0.15, 0.2) is 36.7 Å². The molecule has 1 amide bonds. The highest BCUT2D eigenvalue weighted by Crippen LogP contribution is 2.45. The van der Waals surface area contributed by atoms with Crippen molar-refractivity contribution in [3.63, 3.8) is 0 Å². The van der Waals surface area contributed by atoms with Crippen LogP contribution in [0.4, 0.5) is 17.1 Å². The highest BCUT2D eigenvalue weighted by Gasteiger charge is 2.33. The number of fused-ring (bicyclic) bond motifs is 2. The molecule has 0 radical (unpaired) electrons. The molecule has 0 fully saturated rings. The first-order valence-electron chi connectivity index (χ1n) is 8.04. The molecule has 0 aliphatic carbocycles. The molecule has 3 heterocycles. The minimum absolute atomic E-state index is 0.0550. The third-order valence-electron chi connectivity index (χ3n) is 4.71. The zero-order valence-corrected chi connectivity index (χ0v) is 13.8. The van der Waals surface area contributed by atoms with Gasteiger partial charge in [0.15, 0.2) is 0 Å². The summed E-state index contributed by atoms with van der Waals surface area (Å²) in [5, 5.41) is 3.53. The van der Waals surface area contributed by atoms with E-state index in [1.165, 1.54) is 0 Å². The van der Waals surface area contributed by atoms with E-state index in [0.717, 1.165) is 28.2 Å². The number of nitrogens with zero attached hydrogens (tertiary/aromatic N) is 3. The van der Waals surface area contributed by atoms with Gasteiger partial charge in [0.05, 0.1) is 24.4 Å². The molecule has 1 unspecified atom stereocenters. The van der Waals surface area contributed by atoms with E-state index in [1.54, 1.807) is 13.3 Å². The molecule has 2 aliphatic heterocycles. The largest absolute Gasteiger partial charge is 0.383 e. The molecule has 2 aromatic rings. The Balaban J connectivity index is 1.67. The maximum absolute atomic E-state index is 12.3. The van der Waals surface area contributed by atoms with Crippen molar-refractivity contribution < 1.29 is 9.53 Å². The van der Waals surface area contributed by atoms with Gasteiger partial charge in [-0.1, -0.05) is 6.07 Å². The van der Waals surface area contributed by atoms with E-state index < -0.39 is 0 Å². The van der Waals surface area contributed by atoms with Crippen LogP contribution in [0.3, 0.4) is 0 Å². The lowest BCUT2D eigenvalue weighted by molar-refractivity contribution is -0.117. The maximum Gasteiger partial charge on any atom is 0.231 e. The fourth-order valence-corrected chi connectivity index (χ4v) is 3.47. The summed E-state index contributed by atoms with van der Waals surface area (Å²) in [4.78, 5) is 20.5. The minimum Gasteiger partial charge on any atom is -0.383 e. The third-order valence-corrected chi connectivity index (χ3v) is 4.71. The Kier molecular flexibility index (Phi) is 3.61. The van der Waals surface area contributed by atoms with Gasteiger partial charge in [-0.15, -0.1) is 0 Å². The number of aromatic nitrogens is 1. The summed E-state index contributed by atoms with van der Waals surface area (Å²) in [6.45, 7) is 1.12. The topological polar surface area (TPSA) is 57.7 Å². The number of carbonyl (C=O) groups is 1. The number of ether oxygens (including phenoxy) is 1. The summed E-state index contributed by atoms with van der Waals surface area (Å²) < 4.78 is 5.13. The Morgan fingerprint density at radius 1 is 1.38 bits per heavy atom. The minimum atomic E-state index is 0.0550. The molecule has 1 aromatic heterocycles. The fraction of sp³-hybridized carbons (Fsp3) is 0.333. The van der Waals surface area contributed by atoms with Crippen LogP contribution in [0.2, 0.25) is 0 Å². The molecule has 6 nitrogen and oxygen atoms in total. The Bertz CT molecular complexity index is 778. The molecule has 1 aromatic carbocycles. The van der Waals surface area contributed by atoms with E-state index in [9.17, 15) is 4.79 Å². The number of anilines is 3. The van der Waals surface area contributed by atoms with E-state index >= 15 is 0 Å². The Morgan fingerprint density at radius 2 is 2.25 bits per heavy atom. The smallest absolute Gasteiger partial charge is 0.231 e. The predicted octanol–water partition coefficient (Wildman–Crippen LogP) is 2.18. The number of carbonyl (C=O) groups excluding carboxylic acids is 1. The number of amides is 1. The number of rotatable bonds is 4. The fourth-order valence-electron chi connectivity index (χ4n) is 3.47. The lowest BCUT2D eigenvalue weighted by Gasteiger charge is -2.23. The number of benzene rings is 1. The van der Waals surface area contributed by atoms with Crippen LogP contribution in [0.1, 0.15) is 17.3 Å². The number of hydrogen-bond acceptors (Lipinski definition) is 5. The molecule has 2 aliphatic rings. The van der Waals surface area contributed by atoms with E-state index in [2.05, 4.69) is 40.4 Å². The van der Waals surface area contributed by atoms with Crippen molar-refractivity contribution >= 4 is 23.0 Å². The molecule has 124 valence electrons. The van der Waals surface area contributed by atoms with Gasteiger partial charge in [0.25, 0.3) is 0 Å². The Labute approximate surface area is 141 Å². The van der Waals surface area contributed by atoms with Gasteiger partial charge < -0.3 is 19.9 Å². The first-order chi connectivity index (χ1) is 11.7. The van der Waals surface area contributed by atoms with Crippen molar-refractivity contribution in [3.05, 3.63) is 47.8 Å². The zero-order chi connectivity index (χ0) is 16.7. The first-order valence-corrected chi connectivity index (χ1v) is 8.04. The van der Waals surface area contributed by atoms with Gasteiger partial charge in [0, 0.05) is 44.3 Å². The van der Waals surface area contributed by atoms with Gasteiger partial charge in [-0.2, -0.15) is 0 Å². The predicted molar refractivity (Wildman–Crippen MR) is 93.4 cm³/mol. The average molecular weight is 324 g/mol. The van der Waals surface area contributed by atoms with Gasteiger partial charge in [-0.3, -0.25) is 9.78 Å². The average Bonchev–Trinajstić information content (AvgIpc) is 3.08. The molecule has 6 heteroatoms. The van der Waals surface area contributed by atoms with Crippen LogP contribution in [0, 0.1) is 0 Å². The van der Waals surface area contributed by atoms with E-state index in [0.29, 0.717) is 19.6 Å². The van der Waals surface area contributed by atoms with Crippen LogP contribution >= 0.6 is 0 Å². The normalized spacial score (nSPS) is 18.6. The zero-order valence-electron chi connectivity index (χ0n) is 13.8. The number of hydrogen-bond donors (Lipinski definition) is 1. The molecular formula is C18H20N4O2. The molecular weight excluding hydrogens is 304 g/mol. The lowest BCUT2D eigenvalue weighted by Crippen LogP contribution is -2.30.